The first-order valence-corrected chi connectivity index (χ1v) is 6.95. The minimum absolute atomic E-state index is 0.154. The van der Waals surface area contributed by atoms with E-state index in [1.165, 1.54) is 0 Å². The second-order valence-electron chi connectivity index (χ2n) is 5.15. The lowest BCUT2D eigenvalue weighted by molar-refractivity contribution is 0.102. The molecule has 0 aliphatic rings. The second-order valence-corrected chi connectivity index (χ2v) is 5.15. The van der Waals surface area contributed by atoms with Gasteiger partial charge in [0.2, 0.25) is 0 Å². The molecule has 4 aromatic rings. The summed E-state index contributed by atoms with van der Waals surface area (Å²) in [6.07, 6.45) is 1.85. The van der Waals surface area contributed by atoms with Crippen LogP contribution in [0.15, 0.2) is 53.1 Å². The molecule has 0 bridgehead atoms. The topological polar surface area (TPSA) is 70.9 Å². The Morgan fingerprint density at radius 3 is 3.00 bits per heavy atom. The number of nitrogens with one attached hydrogen (secondary N) is 2. The van der Waals surface area contributed by atoms with E-state index in [4.69, 9.17) is 4.42 Å². The Hall–Kier alpha value is -3.08. The van der Waals surface area contributed by atoms with Gasteiger partial charge in [-0.05, 0) is 36.4 Å². The summed E-state index contributed by atoms with van der Waals surface area (Å²) in [7, 11) is 0. The van der Waals surface area contributed by atoms with Gasteiger partial charge in [0.25, 0.3) is 5.91 Å². The van der Waals surface area contributed by atoms with Crippen molar-refractivity contribution in [2.45, 2.75) is 6.92 Å². The molecule has 0 radical (unpaired) electrons. The van der Waals surface area contributed by atoms with Crippen LogP contribution in [0.25, 0.3) is 22.0 Å². The third kappa shape index (κ3) is 2.13. The predicted molar refractivity (Wildman–Crippen MR) is 85.0 cm³/mol. The summed E-state index contributed by atoms with van der Waals surface area (Å²) in [6, 6.07) is 12.9. The molecule has 0 unspecified atom stereocenters. The molecule has 2 aromatic heterocycles. The summed E-state index contributed by atoms with van der Waals surface area (Å²) in [6.45, 7) is 1.80. The van der Waals surface area contributed by atoms with Crippen LogP contribution in [0.5, 0.6) is 0 Å². The monoisotopic (exact) mass is 291 g/mol. The Kier molecular flexibility index (Phi) is 2.72. The summed E-state index contributed by atoms with van der Waals surface area (Å²) < 4.78 is 5.48. The molecule has 5 heteroatoms. The van der Waals surface area contributed by atoms with Gasteiger partial charge >= 0.3 is 0 Å². The SMILES string of the molecule is Cc1nc2ccc(NC(=O)c3ccc4[nH]ccc4c3)cc2o1. The molecule has 0 spiro atoms. The van der Waals surface area contributed by atoms with Gasteiger partial charge in [-0.25, -0.2) is 4.98 Å². The van der Waals surface area contributed by atoms with Crippen molar-refractivity contribution in [2.75, 3.05) is 5.32 Å². The highest BCUT2D eigenvalue weighted by Gasteiger charge is 2.09. The van der Waals surface area contributed by atoms with E-state index in [2.05, 4.69) is 15.3 Å². The van der Waals surface area contributed by atoms with E-state index < -0.39 is 0 Å². The van der Waals surface area contributed by atoms with Crippen LogP contribution in [0.1, 0.15) is 16.2 Å². The van der Waals surface area contributed by atoms with Crippen LogP contribution in [-0.4, -0.2) is 15.9 Å². The highest BCUT2D eigenvalue weighted by Crippen LogP contribution is 2.21. The van der Waals surface area contributed by atoms with Crippen molar-refractivity contribution in [3.05, 3.63) is 60.1 Å². The Labute approximate surface area is 126 Å². The lowest BCUT2D eigenvalue weighted by Crippen LogP contribution is -2.11. The summed E-state index contributed by atoms with van der Waals surface area (Å²) in [5, 5.41) is 3.89. The number of hydrogen-bond acceptors (Lipinski definition) is 3. The minimum Gasteiger partial charge on any atom is -0.441 e. The maximum absolute atomic E-state index is 12.4. The average molecular weight is 291 g/mol. The number of H-pyrrole nitrogens is 1. The molecule has 2 N–H and O–H groups in total. The van der Waals surface area contributed by atoms with Gasteiger partial charge in [-0.2, -0.15) is 0 Å². The smallest absolute Gasteiger partial charge is 0.255 e. The zero-order chi connectivity index (χ0) is 15.1. The van der Waals surface area contributed by atoms with Crippen molar-refractivity contribution in [1.82, 2.24) is 9.97 Å². The van der Waals surface area contributed by atoms with Gasteiger partial charge in [-0.15, -0.1) is 0 Å². The van der Waals surface area contributed by atoms with Crippen LogP contribution in [-0.2, 0) is 0 Å². The molecule has 0 aliphatic heterocycles. The molecule has 22 heavy (non-hydrogen) atoms. The van der Waals surface area contributed by atoms with Gasteiger partial charge in [0.15, 0.2) is 11.5 Å². The highest BCUT2D eigenvalue weighted by atomic mass is 16.3. The molecule has 0 saturated carbocycles. The fourth-order valence-electron chi connectivity index (χ4n) is 2.52. The molecule has 1 amide bonds. The third-order valence-corrected chi connectivity index (χ3v) is 3.57. The number of fused-ring (bicyclic) bond motifs is 2. The maximum Gasteiger partial charge on any atom is 0.255 e. The number of aromatic nitrogens is 2. The Morgan fingerprint density at radius 2 is 2.09 bits per heavy atom. The number of nitrogens with zero attached hydrogens (tertiary/aromatic N) is 1. The number of hydrogen-bond donors (Lipinski definition) is 2. The molecule has 5 nitrogen and oxygen atoms in total. The fraction of sp³-hybridized carbons (Fsp3) is 0.0588. The zero-order valence-corrected chi connectivity index (χ0v) is 11.9. The number of oxazole rings is 1. The molecule has 0 fully saturated rings. The lowest BCUT2D eigenvalue weighted by atomic mass is 10.1. The predicted octanol–water partition coefficient (Wildman–Crippen LogP) is 3.87. The first kappa shape index (κ1) is 12.6. The molecule has 2 heterocycles. The molecule has 108 valence electrons. The number of aryl methyl sites for hydroxylation is 1. The average Bonchev–Trinajstić information content (AvgIpc) is 3.10. The first-order chi connectivity index (χ1) is 10.7. The number of aromatic amines is 1. The van der Waals surface area contributed by atoms with Crippen LogP contribution >= 0.6 is 0 Å². The normalized spacial score (nSPS) is 11.1. The zero-order valence-electron chi connectivity index (χ0n) is 11.9. The molecule has 2 aromatic carbocycles. The van der Waals surface area contributed by atoms with E-state index in [9.17, 15) is 4.79 Å². The van der Waals surface area contributed by atoms with Gasteiger partial charge in [0, 0.05) is 41.3 Å². The van der Waals surface area contributed by atoms with E-state index in [-0.39, 0.29) is 5.91 Å². The molecular weight excluding hydrogens is 278 g/mol. The van der Waals surface area contributed by atoms with Crippen LogP contribution < -0.4 is 5.32 Å². The number of carbonyl (C=O) groups excluding carboxylic acids is 1. The van der Waals surface area contributed by atoms with E-state index >= 15 is 0 Å². The number of anilines is 1. The highest BCUT2D eigenvalue weighted by molar-refractivity contribution is 6.06. The molecule has 0 atom stereocenters. The summed E-state index contributed by atoms with van der Waals surface area (Å²) in [5.74, 6) is 0.454. The van der Waals surface area contributed by atoms with Gasteiger partial charge in [0.05, 0.1) is 0 Å². The van der Waals surface area contributed by atoms with Crippen molar-refractivity contribution < 1.29 is 9.21 Å². The van der Waals surface area contributed by atoms with Gasteiger partial charge in [0.1, 0.15) is 5.52 Å². The summed E-state index contributed by atoms with van der Waals surface area (Å²) >= 11 is 0. The maximum atomic E-state index is 12.4. The standard InChI is InChI=1S/C17H13N3O2/c1-10-19-15-5-3-13(9-16(15)22-10)20-17(21)12-2-4-14-11(8-12)6-7-18-14/h2-9,18H,1H3,(H,20,21). The number of rotatable bonds is 2. The Balaban J connectivity index is 1.64. The van der Waals surface area contributed by atoms with Crippen molar-refractivity contribution in [3.63, 3.8) is 0 Å². The molecule has 0 aliphatic carbocycles. The van der Waals surface area contributed by atoms with E-state index in [1.54, 1.807) is 19.1 Å². The van der Waals surface area contributed by atoms with E-state index in [0.29, 0.717) is 22.7 Å². The summed E-state index contributed by atoms with van der Waals surface area (Å²) in [4.78, 5) is 19.7. The molecule has 4 rings (SSSR count). The van der Waals surface area contributed by atoms with Crippen molar-refractivity contribution in [3.8, 4) is 0 Å². The van der Waals surface area contributed by atoms with Crippen LogP contribution in [0.2, 0.25) is 0 Å². The fourth-order valence-corrected chi connectivity index (χ4v) is 2.52. The largest absolute Gasteiger partial charge is 0.441 e. The van der Waals surface area contributed by atoms with Crippen LogP contribution in [0.4, 0.5) is 5.69 Å². The number of carbonyl (C=O) groups is 1. The van der Waals surface area contributed by atoms with Crippen LogP contribution in [0.3, 0.4) is 0 Å². The van der Waals surface area contributed by atoms with Gasteiger partial charge in [-0.3, -0.25) is 4.79 Å². The first-order valence-electron chi connectivity index (χ1n) is 6.95. The minimum atomic E-state index is -0.154. The number of amides is 1. The van der Waals surface area contributed by atoms with Crippen molar-refractivity contribution in [1.29, 1.82) is 0 Å². The van der Waals surface area contributed by atoms with Crippen molar-refractivity contribution >= 4 is 33.6 Å². The molecule has 0 saturated heterocycles. The summed E-state index contributed by atoms with van der Waals surface area (Å²) in [5.41, 5.74) is 3.75. The Morgan fingerprint density at radius 1 is 1.18 bits per heavy atom. The van der Waals surface area contributed by atoms with Gasteiger partial charge < -0.3 is 14.7 Å². The second kappa shape index (κ2) is 4.73. The van der Waals surface area contributed by atoms with Gasteiger partial charge in [-0.1, -0.05) is 0 Å². The Bertz CT molecular complexity index is 997. The molecular formula is C17H13N3O2. The van der Waals surface area contributed by atoms with E-state index in [1.807, 2.05) is 36.5 Å². The number of benzene rings is 2. The lowest BCUT2D eigenvalue weighted by Gasteiger charge is -2.05. The van der Waals surface area contributed by atoms with E-state index in [0.717, 1.165) is 16.4 Å². The quantitative estimate of drug-likeness (QED) is 0.589. The van der Waals surface area contributed by atoms with Crippen molar-refractivity contribution in [2.24, 2.45) is 0 Å². The van der Waals surface area contributed by atoms with Crippen LogP contribution in [0, 0.1) is 6.92 Å². The third-order valence-electron chi connectivity index (χ3n) is 3.57.